The molecule has 6 nitrogen and oxygen atoms in total. The van der Waals surface area contributed by atoms with E-state index in [2.05, 4.69) is 10.3 Å². The molecule has 1 unspecified atom stereocenters. The smallest absolute Gasteiger partial charge is 0.254 e. The Kier molecular flexibility index (Phi) is 4.18. The fourth-order valence-electron chi connectivity index (χ4n) is 2.65. The van der Waals surface area contributed by atoms with E-state index in [1.54, 1.807) is 47.8 Å². The summed E-state index contributed by atoms with van der Waals surface area (Å²) in [4.78, 5) is 30.4. The van der Waals surface area contributed by atoms with Gasteiger partial charge >= 0.3 is 0 Å². The molecule has 114 valence electrons. The van der Waals surface area contributed by atoms with Crippen LogP contribution in [0.4, 0.5) is 0 Å². The first-order chi connectivity index (χ1) is 10.8. The van der Waals surface area contributed by atoms with Gasteiger partial charge in [-0.1, -0.05) is 0 Å². The largest absolute Gasteiger partial charge is 0.467 e. The molecule has 1 fully saturated rings. The molecule has 6 heteroatoms. The highest BCUT2D eigenvalue weighted by atomic mass is 16.3. The molecule has 0 aliphatic carbocycles. The minimum Gasteiger partial charge on any atom is -0.467 e. The van der Waals surface area contributed by atoms with E-state index in [0.29, 0.717) is 30.8 Å². The van der Waals surface area contributed by atoms with Gasteiger partial charge in [0, 0.05) is 24.5 Å². The number of hydrogen-bond donors (Lipinski definition) is 1. The van der Waals surface area contributed by atoms with Gasteiger partial charge in [0.05, 0.1) is 12.8 Å². The number of carbonyl (C=O) groups excluding carboxylic acids is 2. The van der Waals surface area contributed by atoms with Gasteiger partial charge in [-0.15, -0.1) is 0 Å². The third-order valence-electron chi connectivity index (χ3n) is 3.76. The predicted octanol–water partition coefficient (Wildman–Crippen LogP) is 1.60. The lowest BCUT2D eigenvalue weighted by atomic mass is 10.1. The van der Waals surface area contributed by atoms with Gasteiger partial charge in [-0.3, -0.25) is 14.6 Å². The molecule has 1 atom stereocenters. The monoisotopic (exact) mass is 299 g/mol. The molecule has 0 spiro atoms. The van der Waals surface area contributed by atoms with Crippen LogP contribution in [0.3, 0.4) is 0 Å². The molecule has 2 amide bonds. The topological polar surface area (TPSA) is 75.4 Å². The van der Waals surface area contributed by atoms with Crippen LogP contribution >= 0.6 is 0 Å². The average molecular weight is 299 g/mol. The summed E-state index contributed by atoms with van der Waals surface area (Å²) in [6, 6.07) is 6.48. The van der Waals surface area contributed by atoms with Gasteiger partial charge in [-0.25, -0.2) is 0 Å². The van der Waals surface area contributed by atoms with Crippen LogP contribution in [-0.2, 0) is 11.3 Å². The van der Waals surface area contributed by atoms with E-state index >= 15 is 0 Å². The van der Waals surface area contributed by atoms with Gasteiger partial charge in [0.2, 0.25) is 5.91 Å². The molecule has 3 heterocycles. The van der Waals surface area contributed by atoms with Gasteiger partial charge < -0.3 is 14.6 Å². The first-order valence-corrected chi connectivity index (χ1v) is 7.27. The third kappa shape index (κ3) is 3.00. The van der Waals surface area contributed by atoms with Crippen LogP contribution in [0.25, 0.3) is 0 Å². The zero-order valence-electron chi connectivity index (χ0n) is 12.1. The van der Waals surface area contributed by atoms with Gasteiger partial charge in [-0.05, 0) is 37.1 Å². The summed E-state index contributed by atoms with van der Waals surface area (Å²) < 4.78 is 5.19. The highest BCUT2D eigenvalue weighted by Gasteiger charge is 2.34. The number of nitrogens with zero attached hydrogens (tertiary/aromatic N) is 2. The number of nitrogens with one attached hydrogen (secondary N) is 1. The fourth-order valence-corrected chi connectivity index (χ4v) is 2.65. The Morgan fingerprint density at radius 1 is 1.32 bits per heavy atom. The van der Waals surface area contributed by atoms with E-state index < -0.39 is 6.04 Å². The second kappa shape index (κ2) is 6.43. The summed E-state index contributed by atoms with van der Waals surface area (Å²) in [6.45, 7) is 0.930. The van der Waals surface area contributed by atoms with Crippen molar-refractivity contribution in [2.24, 2.45) is 0 Å². The molecule has 0 saturated carbocycles. The van der Waals surface area contributed by atoms with E-state index in [-0.39, 0.29) is 11.8 Å². The summed E-state index contributed by atoms with van der Waals surface area (Å²) in [6.07, 6.45) is 6.23. The third-order valence-corrected chi connectivity index (χ3v) is 3.76. The predicted molar refractivity (Wildman–Crippen MR) is 78.9 cm³/mol. The van der Waals surface area contributed by atoms with Gasteiger partial charge in [-0.2, -0.15) is 0 Å². The average Bonchev–Trinajstić information content (AvgIpc) is 3.24. The van der Waals surface area contributed by atoms with Crippen LogP contribution in [0, 0.1) is 0 Å². The van der Waals surface area contributed by atoms with Crippen molar-refractivity contribution in [2.45, 2.75) is 25.4 Å². The van der Waals surface area contributed by atoms with Crippen molar-refractivity contribution in [2.75, 3.05) is 6.54 Å². The lowest BCUT2D eigenvalue weighted by Gasteiger charge is -2.23. The maximum absolute atomic E-state index is 12.5. The van der Waals surface area contributed by atoms with Crippen LogP contribution in [0.2, 0.25) is 0 Å². The van der Waals surface area contributed by atoms with Crippen molar-refractivity contribution in [3.63, 3.8) is 0 Å². The normalized spacial score (nSPS) is 17.5. The fraction of sp³-hybridized carbons (Fsp3) is 0.312. The maximum Gasteiger partial charge on any atom is 0.254 e. The maximum atomic E-state index is 12.5. The van der Waals surface area contributed by atoms with Crippen LogP contribution in [0.5, 0.6) is 0 Å². The van der Waals surface area contributed by atoms with E-state index in [4.69, 9.17) is 4.42 Å². The number of hydrogen-bond acceptors (Lipinski definition) is 4. The number of rotatable bonds is 4. The standard InChI is InChI=1S/C16H17N3O3/c20-15(18-11-13-3-2-10-22-13)14-4-1-9-19(14)16(21)12-5-7-17-8-6-12/h2-3,5-8,10,14H,1,4,9,11H2,(H,18,20). The second-order valence-corrected chi connectivity index (χ2v) is 5.19. The number of likely N-dealkylation sites (tertiary alicyclic amines) is 1. The van der Waals surface area contributed by atoms with Crippen molar-refractivity contribution in [3.05, 3.63) is 54.2 Å². The minimum atomic E-state index is -0.421. The summed E-state index contributed by atoms with van der Waals surface area (Å²) in [7, 11) is 0. The number of amides is 2. The van der Waals surface area contributed by atoms with Gasteiger partial charge in [0.15, 0.2) is 0 Å². The van der Waals surface area contributed by atoms with Gasteiger partial charge in [0.25, 0.3) is 5.91 Å². The van der Waals surface area contributed by atoms with E-state index in [1.807, 2.05) is 0 Å². The van der Waals surface area contributed by atoms with Crippen molar-refractivity contribution in [3.8, 4) is 0 Å². The number of pyridine rings is 1. The highest BCUT2D eigenvalue weighted by molar-refractivity contribution is 5.97. The second-order valence-electron chi connectivity index (χ2n) is 5.19. The van der Waals surface area contributed by atoms with Crippen molar-refractivity contribution < 1.29 is 14.0 Å². The molecule has 1 saturated heterocycles. The minimum absolute atomic E-state index is 0.127. The molecule has 1 aliphatic rings. The van der Waals surface area contributed by atoms with E-state index in [9.17, 15) is 9.59 Å². The molecule has 0 radical (unpaired) electrons. The SMILES string of the molecule is O=C(NCc1ccco1)C1CCCN1C(=O)c1ccncc1. The molecular formula is C16H17N3O3. The quantitative estimate of drug-likeness (QED) is 0.930. The Morgan fingerprint density at radius 2 is 2.14 bits per heavy atom. The van der Waals surface area contributed by atoms with Crippen LogP contribution in [0.15, 0.2) is 47.3 Å². The summed E-state index contributed by atoms with van der Waals surface area (Å²) in [5.74, 6) is 0.424. The Morgan fingerprint density at radius 3 is 2.86 bits per heavy atom. The Bertz CT molecular complexity index is 640. The lowest BCUT2D eigenvalue weighted by Crippen LogP contribution is -2.45. The summed E-state index contributed by atoms with van der Waals surface area (Å²) in [5.41, 5.74) is 0.556. The van der Waals surface area contributed by atoms with Crippen LogP contribution in [-0.4, -0.2) is 34.3 Å². The molecular weight excluding hydrogens is 282 g/mol. The molecule has 0 aromatic carbocycles. The molecule has 2 aromatic heterocycles. The summed E-state index contributed by atoms with van der Waals surface area (Å²) >= 11 is 0. The molecule has 3 rings (SSSR count). The highest BCUT2D eigenvalue weighted by Crippen LogP contribution is 2.20. The molecule has 0 bridgehead atoms. The zero-order chi connectivity index (χ0) is 15.4. The van der Waals surface area contributed by atoms with E-state index in [0.717, 1.165) is 6.42 Å². The molecule has 1 aliphatic heterocycles. The van der Waals surface area contributed by atoms with Crippen molar-refractivity contribution in [1.82, 2.24) is 15.2 Å². The summed E-state index contributed by atoms with van der Waals surface area (Å²) in [5, 5.41) is 2.82. The number of furan rings is 1. The zero-order valence-corrected chi connectivity index (χ0v) is 12.1. The first kappa shape index (κ1) is 14.3. The number of carbonyl (C=O) groups is 2. The van der Waals surface area contributed by atoms with Crippen LogP contribution in [0.1, 0.15) is 29.0 Å². The Hall–Kier alpha value is -2.63. The molecule has 22 heavy (non-hydrogen) atoms. The molecule has 2 aromatic rings. The van der Waals surface area contributed by atoms with Crippen LogP contribution < -0.4 is 5.32 Å². The number of aromatic nitrogens is 1. The molecule has 1 N–H and O–H groups in total. The van der Waals surface area contributed by atoms with E-state index in [1.165, 1.54) is 0 Å². The Labute approximate surface area is 128 Å². The van der Waals surface area contributed by atoms with Crippen molar-refractivity contribution >= 4 is 11.8 Å². The lowest BCUT2D eigenvalue weighted by molar-refractivity contribution is -0.125. The van der Waals surface area contributed by atoms with Gasteiger partial charge in [0.1, 0.15) is 11.8 Å². The van der Waals surface area contributed by atoms with Crippen molar-refractivity contribution in [1.29, 1.82) is 0 Å². The first-order valence-electron chi connectivity index (χ1n) is 7.27. The Balaban J connectivity index is 1.65.